The van der Waals surface area contributed by atoms with Gasteiger partial charge in [0.15, 0.2) is 5.65 Å². The lowest BCUT2D eigenvalue weighted by Crippen LogP contribution is -2.33. The summed E-state index contributed by atoms with van der Waals surface area (Å²) >= 11 is 0. The highest BCUT2D eigenvalue weighted by molar-refractivity contribution is 5.90. The van der Waals surface area contributed by atoms with Crippen molar-refractivity contribution in [2.24, 2.45) is 0 Å². The van der Waals surface area contributed by atoms with Gasteiger partial charge in [0.1, 0.15) is 17.7 Å². The van der Waals surface area contributed by atoms with Gasteiger partial charge in [0.05, 0.1) is 6.54 Å². The number of likely N-dealkylation sites (tertiary alicyclic amines) is 1. The highest BCUT2D eigenvalue weighted by Crippen LogP contribution is 2.29. The van der Waals surface area contributed by atoms with E-state index in [4.69, 9.17) is 0 Å². The molecule has 30 heavy (non-hydrogen) atoms. The molecule has 8 heteroatoms. The molecule has 3 aromatic rings. The van der Waals surface area contributed by atoms with Crippen LogP contribution in [0.1, 0.15) is 39.2 Å². The normalized spacial score (nSPS) is 17.0. The van der Waals surface area contributed by atoms with Crippen molar-refractivity contribution in [1.29, 1.82) is 0 Å². The van der Waals surface area contributed by atoms with E-state index in [1.165, 1.54) is 27.8 Å². The molecular weight excluding hydrogens is 388 g/mol. The number of nitrogens with zero attached hydrogens (tertiary/aromatic N) is 4. The van der Waals surface area contributed by atoms with Crippen LogP contribution in [-0.2, 0) is 5.41 Å². The number of hydrogen-bond acceptors (Lipinski definition) is 3. The lowest BCUT2D eigenvalue weighted by Gasteiger charge is -2.22. The van der Waals surface area contributed by atoms with Gasteiger partial charge in [0, 0.05) is 30.0 Å². The maximum Gasteiger partial charge on any atom is 0.321 e. The Morgan fingerprint density at radius 3 is 2.83 bits per heavy atom. The SMILES string of the molecule is CCC(C)(C)c1cnc2nn(-c3cc(NC(=O)N4CC[C@@H](F)C4)ccc3F)cc2c1. The average Bonchev–Trinajstić information content (AvgIpc) is 3.34. The number of amides is 2. The fraction of sp³-hybridized carbons (Fsp3) is 0.409. The minimum absolute atomic E-state index is 0.0209. The molecule has 2 aromatic heterocycles. The third kappa shape index (κ3) is 3.86. The van der Waals surface area contributed by atoms with Gasteiger partial charge in [-0.25, -0.2) is 23.2 Å². The lowest BCUT2D eigenvalue weighted by atomic mass is 9.83. The average molecular weight is 413 g/mol. The molecule has 1 atom stereocenters. The molecule has 1 saturated heterocycles. The van der Waals surface area contributed by atoms with Crippen molar-refractivity contribution in [3.05, 3.63) is 48.0 Å². The molecule has 4 rings (SSSR count). The number of benzene rings is 1. The maximum atomic E-state index is 14.5. The molecule has 2 amide bonds. The van der Waals surface area contributed by atoms with E-state index in [0.717, 1.165) is 17.4 Å². The maximum absolute atomic E-state index is 14.5. The van der Waals surface area contributed by atoms with Gasteiger partial charge in [-0.3, -0.25) is 0 Å². The predicted octanol–water partition coefficient (Wildman–Crippen LogP) is 4.82. The van der Waals surface area contributed by atoms with Gasteiger partial charge in [0.2, 0.25) is 0 Å². The van der Waals surface area contributed by atoms with Gasteiger partial charge in [-0.05, 0) is 48.1 Å². The molecular formula is C22H25F2N5O. The summed E-state index contributed by atoms with van der Waals surface area (Å²) in [6.45, 7) is 6.87. The van der Waals surface area contributed by atoms with E-state index in [1.807, 2.05) is 12.3 Å². The number of fused-ring (bicyclic) bond motifs is 1. The highest BCUT2D eigenvalue weighted by Gasteiger charge is 2.26. The molecule has 0 bridgehead atoms. The second-order valence-corrected chi connectivity index (χ2v) is 8.38. The number of rotatable bonds is 4. The summed E-state index contributed by atoms with van der Waals surface area (Å²) in [5.74, 6) is -0.472. The van der Waals surface area contributed by atoms with Crippen LogP contribution >= 0.6 is 0 Å². The standard InChI is InChI=1S/C22H25F2N5O/c1-4-22(2,3)15-9-14-12-29(27-20(14)25-11-15)19-10-17(5-6-18(19)24)26-21(30)28-8-7-16(23)13-28/h5-6,9-12,16H,4,7-8,13H2,1-3H3,(H,26,30)/t16-/m1/s1. The Morgan fingerprint density at radius 2 is 2.13 bits per heavy atom. The van der Waals surface area contributed by atoms with Crippen molar-refractivity contribution in [2.75, 3.05) is 18.4 Å². The molecule has 0 saturated carbocycles. The zero-order valence-corrected chi connectivity index (χ0v) is 17.3. The predicted molar refractivity (Wildman–Crippen MR) is 112 cm³/mol. The van der Waals surface area contributed by atoms with E-state index in [2.05, 4.69) is 36.2 Å². The Kier molecular flexibility index (Phi) is 5.17. The second kappa shape index (κ2) is 7.66. The topological polar surface area (TPSA) is 63.1 Å². The summed E-state index contributed by atoms with van der Waals surface area (Å²) in [7, 11) is 0. The zero-order valence-electron chi connectivity index (χ0n) is 17.3. The summed E-state index contributed by atoms with van der Waals surface area (Å²) < 4.78 is 29.3. The van der Waals surface area contributed by atoms with E-state index in [9.17, 15) is 13.6 Å². The summed E-state index contributed by atoms with van der Waals surface area (Å²) in [6, 6.07) is 5.89. The third-order valence-corrected chi connectivity index (χ3v) is 5.89. The number of carbonyl (C=O) groups is 1. The smallest absolute Gasteiger partial charge is 0.321 e. The Labute approximate surface area is 173 Å². The highest BCUT2D eigenvalue weighted by atomic mass is 19.1. The second-order valence-electron chi connectivity index (χ2n) is 8.38. The Hall–Kier alpha value is -3.03. The first kappa shape index (κ1) is 20.3. The van der Waals surface area contributed by atoms with E-state index in [1.54, 1.807) is 6.20 Å². The van der Waals surface area contributed by atoms with Crippen molar-refractivity contribution in [3.8, 4) is 5.69 Å². The van der Waals surface area contributed by atoms with Crippen molar-refractivity contribution >= 4 is 22.8 Å². The van der Waals surface area contributed by atoms with Crippen LogP contribution < -0.4 is 5.32 Å². The van der Waals surface area contributed by atoms with Crippen LogP contribution in [0, 0.1) is 5.82 Å². The van der Waals surface area contributed by atoms with Gasteiger partial charge in [0.25, 0.3) is 0 Å². The third-order valence-electron chi connectivity index (χ3n) is 5.89. The molecule has 0 radical (unpaired) electrons. The molecule has 158 valence electrons. The lowest BCUT2D eigenvalue weighted by molar-refractivity contribution is 0.218. The number of hydrogen-bond donors (Lipinski definition) is 1. The first-order valence-electron chi connectivity index (χ1n) is 10.1. The molecule has 1 aliphatic rings. The van der Waals surface area contributed by atoms with E-state index < -0.39 is 18.0 Å². The number of aromatic nitrogens is 3. The van der Waals surface area contributed by atoms with E-state index in [0.29, 0.717) is 24.3 Å². The van der Waals surface area contributed by atoms with Crippen LogP contribution in [0.2, 0.25) is 0 Å². The number of halogens is 2. The number of pyridine rings is 1. The molecule has 1 fully saturated rings. The number of nitrogens with one attached hydrogen (secondary N) is 1. The number of anilines is 1. The molecule has 1 aromatic carbocycles. The number of urea groups is 1. The minimum Gasteiger partial charge on any atom is -0.322 e. The van der Waals surface area contributed by atoms with Gasteiger partial charge in [-0.15, -0.1) is 5.10 Å². The number of alkyl halides is 1. The Morgan fingerprint density at radius 1 is 1.33 bits per heavy atom. The van der Waals surface area contributed by atoms with E-state index in [-0.39, 0.29) is 17.6 Å². The molecule has 6 nitrogen and oxygen atoms in total. The van der Waals surface area contributed by atoms with Gasteiger partial charge in [-0.2, -0.15) is 0 Å². The quantitative estimate of drug-likeness (QED) is 0.667. The van der Waals surface area contributed by atoms with Crippen LogP contribution in [0.15, 0.2) is 36.7 Å². The monoisotopic (exact) mass is 413 g/mol. The van der Waals surface area contributed by atoms with Crippen LogP contribution in [0.5, 0.6) is 0 Å². The van der Waals surface area contributed by atoms with Crippen LogP contribution in [0.25, 0.3) is 16.7 Å². The van der Waals surface area contributed by atoms with Gasteiger partial charge >= 0.3 is 6.03 Å². The van der Waals surface area contributed by atoms with Crippen molar-refractivity contribution in [2.45, 2.75) is 45.2 Å². The summed E-state index contributed by atoms with van der Waals surface area (Å²) in [5, 5.41) is 7.92. The van der Waals surface area contributed by atoms with Crippen LogP contribution in [0.4, 0.5) is 19.3 Å². The Balaban J connectivity index is 1.62. The van der Waals surface area contributed by atoms with Gasteiger partial charge < -0.3 is 10.2 Å². The fourth-order valence-electron chi connectivity index (χ4n) is 3.48. The van der Waals surface area contributed by atoms with Crippen LogP contribution in [-0.4, -0.2) is 45.0 Å². The van der Waals surface area contributed by atoms with Crippen molar-refractivity contribution < 1.29 is 13.6 Å². The largest absolute Gasteiger partial charge is 0.322 e. The molecule has 3 heterocycles. The molecule has 0 unspecified atom stereocenters. The fourth-order valence-corrected chi connectivity index (χ4v) is 3.48. The minimum atomic E-state index is -0.994. The summed E-state index contributed by atoms with van der Waals surface area (Å²) in [6.07, 6.45) is 3.85. The summed E-state index contributed by atoms with van der Waals surface area (Å²) in [5.41, 5.74) is 2.21. The van der Waals surface area contributed by atoms with Crippen molar-refractivity contribution in [1.82, 2.24) is 19.7 Å². The van der Waals surface area contributed by atoms with Gasteiger partial charge in [-0.1, -0.05) is 20.8 Å². The Bertz CT molecular complexity index is 1090. The van der Waals surface area contributed by atoms with Crippen LogP contribution in [0.3, 0.4) is 0 Å². The molecule has 0 aliphatic carbocycles. The summed E-state index contributed by atoms with van der Waals surface area (Å²) in [4.78, 5) is 18.2. The first-order chi connectivity index (χ1) is 14.3. The molecule has 1 N–H and O–H groups in total. The first-order valence-corrected chi connectivity index (χ1v) is 10.1. The molecule has 1 aliphatic heterocycles. The molecule has 0 spiro atoms. The number of carbonyl (C=O) groups excluding carboxylic acids is 1. The zero-order chi connectivity index (χ0) is 21.5. The van der Waals surface area contributed by atoms with E-state index >= 15 is 0 Å². The van der Waals surface area contributed by atoms with Crippen molar-refractivity contribution in [3.63, 3.8) is 0 Å².